The molecule has 102 valence electrons. The quantitative estimate of drug-likeness (QED) is 0.823. The van der Waals surface area contributed by atoms with Gasteiger partial charge in [-0.25, -0.2) is 0 Å². The third kappa shape index (κ3) is 3.22. The van der Waals surface area contributed by atoms with Crippen LogP contribution in [-0.4, -0.2) is 49.3 Å². The van der Waals surface area contributed by atoms with Crippen LogP contribution in [0.2, 0.25) is 0 Å². The molecule has 1 aromatic rings. The Hall–Kier alpha value is -1.56. The molecule has 0 fully saturated rings. The van der Waals surface area contributed by atoms with E-state index in [9.17, 15) is 4.79 Å². The van der Waals surface area contributed by atoms with Crippen molar-refractivity contribution in [1.29, 1.82) is 0 Å². The summed E-state index contributed by atoms with van der Waals surface area (Å²) in [5.41, 5.74) is 0.893. The van der Waals surface area contributed by atoms with E-state index in [2.05, 4.69) is 29.2 Å². The third-order valence-electron chi connectivity index (χ3n) is 3.09. The molecular formula is C12H21N3O3. The van der Waals surface area contributed by atoms with Gasteiger partial charge in [-0.15, -0.1) is 0 Å². The van der Waals surface area contributed by atoms with E-state index in [4.69, 9.17) is 9.26 Å². The summed E-state index contributed by atoms with van der Waals surface area (Å²) in [6.07, 6.45) is 0. The van der Waals surface area contributed by atoms with Crippen LogP contribution in [0.25, 0.3) is 0 Å². The Morgan fingerprint density at radius 2 is 2.28 bits per heavy atom. The number of aromatic nitrogens is 1. The third-order valence-corrected chi connectivity index (χ3v) is 3.09. The lowest BCUT2D eigenvalue weighted by Crippen LogP contribution is -2.40. The molecule has 18 heavy (non-hydrogen) atoms. The molecule has 1 N–H and O–H groups in total. The molecule has 1 atom stereocenters. The zero-order valence-corrected chi connectivity index (χ0v) is 11.6. The first-order valence-electron chi connectivity index (χ1n) is 5.99. The fourth-order valence-corrected chi connectivity index (χ4v) is 1.51. The van der Waals surface area contributed by atoms with Crippen molar-refractivity contribution in [2.45, 2.75) is 26.8 Å². The maximum Gasteiger partial charge on any atom is 0.314 e. The largest absolute Gasteiger partial charge is 0.467 e. The van der Waals surface area contributed by atoms with Crippen LogP contribution in [0.5, 0.6) is 5.95 Å². The van der Waals surface area contributed by atoms with E-state index in [1.165, 1.54) is 7.11 Å². The van der Waals surface area contributed by atoms with Gasteiger partial charge in [0, 0.05) is 12.6 Å². The Morgan fingerprint density at radius 1 is 1.61 bits per heavy atom. The Balaban J connectivity index is 2.58. The number of nitrogens with one attached hydrogen (secondary N) is 1. The van der Waals surface area contributed by atoms with E-state index in [1.807, 2.05) is 7.05 Å². The second-order valence-corrected chi connectivity index (χ2v) is 4.28. The molecule has 0 bridgehead atoms. The SMILES string of the molecule is CCN(C)C(C)CNC(=O)c1noc(OC)c1C. The number of likely N-dealkylation sites (N-methyl/N-ethyl adjacent to an activating group) is 1. The van der Waals surface area contributed by atoms with Gasteiger partial charge in [0.1, 0.15) is 0 Å². The lowest BCUT2D eigenvalue weighted by molar-refractivity contribution is 0.0931. The lowest BCUT2D eigenvalue weighted by Gasteiger charge is -2.22. The number of rotatable bonds is 6. The molecule has 0 spiro atoms. The molecule has 1 rings (SSSR count). The first-order valence-corrected chi connectivity index (χ1v) is 5.99. The van der Waals surface area contributed by atoms with Crippen molar-refractivity contribution in [2.75, 3.05) is 27.2 Å². The summed E-state index contributed by atoms with van der Waals surface area (Å²) in [5, 5.41) is 6.54. The molecule has 0 aliphatic carbocycles. The highest BCUT2D eigenvalue weighted by Gasteiger charge is 2.19. The summed E-state index contributed by atoms with van der Waals surface area (Å²) in [7, 11) is 3.49. The fourth-order valence-electron chi connectivity index (χ4n) is 1.51. The van der Waals surface area contributed by atoms with E-state index in [1.54, 1.807) is 6.92 Å². The topological polar surface area (TPSA) is 67.6 Å². The van der Waals surface area contributed by atoms with Gasteiger partial charge in [-0.1, -0.05) is 12.1 Å². The van der Waals surface area contributed by atoms with Crippen molar-refractivity contribution in [3.8, 4) is 5.95 Å². The van der Waals surface area contributed by atoms with Gasteiger partial charge in [0.25, 0.3) is 5.91 Å². The van der Waals surface area contributed by atoms with E-state index in [0.29, 0.717) is 12.1 Å². The van der Waals surface area contributed by atoms with Crippen molar-refractivity contribution in [3.63, 3.8) is 0 Å². The van der Waals surface area contributed by atoms with Gasteiger partial charge >= 0.3 is 5.95 Å². The zero-order valence-electron chi connectivity index (χ0n) is 11.6. The fraction of sp³-hybridized carbons (Fsp3) is 0.667. The van der Waals surface area contributed by atoms with Gasteiger partial charge in [0.05, 0.1) is 12.7 Å². The monoisotopic (exact) mass is 255 g/mol. The normalized spacial score (nSPS) is 12.6. The van der Waals surface area contributed by atoms with Crippen LogP contribution < -0.4 is 10.1 Å². The van der Waals surface area contributed by atoms with E-state index >= 15 is 0 Å². The van der Waals surface area contributed by atoms with Gasteiger partial charge in [0.2, 0.25) is 0 Å². The Bertz CT molecular complexity index is 403. The number of ether oxygens (including phenoxy) is 1. The second kappa shape index (κ2) is 6.39. The minimum Gasteiger partial charge on any atom is -0.467 e. The smallest absolute Gasteiger partial charge is 0.314 e. The van der Waals surface area contributed by atoms with Crippen LogP contribution in [0.1, 0.15) is 29.9 Å². The summed E-state index contributed by atoms with van der Waals surface area (Å²) in [4.78, 5) is 14.1. The predicted octanol–water partition coefficient (Wildman–Crippen LogP) is 1.06. The van der Waals surface area contributed by atoms with Crippen LogP contribution in [-0.2, 0) is 0 Å². The molecule has 0 saturated carbocycles. The zero-order chi connectivity index (χ0) is 13.7. The Kier molecular flexibility index (Phi) is 5.15. The van der Waals surface area contributed by atoms with Gasteiger partial charge in [0.15, 0.2) is 5.69 Å². The first kappa shape index (κ1) is 14.5. The summed E-state index contributed by atoms with van der Waals surface area (Å²) in [5.74, 6) is 0.0368. The maximum absolute atomic E-state index is 11.9. The lowest BCUT2D eigenvalue weighted by atomic mass is 10.2. The number of hydrogen-bond donors (Lipinski definition) is 1. The average Bonchev–Trinajstić information content (AvgIpc) is 2.75. The standard InChI is InChI=1S/C12H21N3O3/c1-6-15(4)8(2)7-13-11(16)10-9(3)12(17-5)18-14-10/h8H,6-7H2,1-5H3,(H,13,16). The molecular weight excluding hydrogens is 234 g/mol. The summed E-state index contributed by atoms with van der Waals surface area (Å²) in [6.45, 7) is 7.38. The van der Waals surface area contributed by atoms with Gasteiger partial charge in [-0.05, 0) is 27.4 Å². The van der Waals surface area contributed by atoms with E-state index in [0.717, 1.165) is 6.54 Å². The minimum atomic E-state index is -0.240. The average molecular weight is 255 g/mol. The molecule has 1 amide bonds. The van der Waals surface area contributed by atoms with E-state index < -0.39 is 0 Å². The van der Waals surface area contributed by atoms with Crippen molar-refractivity contribution in [2.24, 2.45) is 0 Å². The molecule has 6 nitrogen and oxygen atoms in total. The van der Waals surface area contributed by atoms with Crippen LogP contribution >= 0.6 is 0 Å². The highest BCUT2D eigenvalue weighted by atomic mass is 16.6. The number of nitrogens with zero attached hydrogens (tertiary/aromatic N) is 2. The van der Waals surface area contributed by atoms with Crippen LogP contribution in [0.3, 0.4) is 0 Å². The highest BCUT2D eigenvalue weighted by Crippen LogP contribution is 2.19. The maximum atomic E-state index is 11.9. The van der Waals surface area contributed by atoms with Crippen molar-refractivity contribution >= 4 is 5.91 Å². The number of carbonyl (C=O) groups excluding carboxylic acids is 1. The molecule has 1 aromatic heterocycles. The molecule has 1 unspecified atom stereocenters. The molecule has 6 heteroatoms. The summed E-state index contributed by atoms with van der Waals surface area (Å²) in [6, 6.07) is 0.271. The molecule has 0 aliphatic heterocycles. The number of carbonyl (C=O) groups is 1. The minimum absolute atomic E-state index is 0.240. The molecule has 1 heterocycles. The molecule has 0 aromatic carbocycles. The van der Waals surface area contributed by atoms with Gasteiger partial charge < -0.3 is 19.5 Å². The van der Waals surface area contributed by atoms with Crippen LogP contribution in [0.4, 0.5) is 0 Å². The first-order chi connectivity index (χ1) is 8.51. The second-order valence-electron chi connectivity index (χ2n) is 4.28. The molecule has 0 saturated heterocycles. The summed E-state index contributed by atoms with van der Waals surface area (Å²) >= 11 is 0. The van der Waals surface area contributed by atoms with E-state index in [-0.39, 0.29) is 23.6 Å². The molecule has 0 aliphatic rings. The number of methoxy groups -OCH3 is 1. The van der Waals surface area contributed by atoms with Crippen LogP contribution in [0, 0.1) is 6.92 Å². The predicted molar refractivity (Wildman–Crippen MR) is 67.9 cm³/mol. The van der Waals surface area contributed by atoms with Crippen LogP contribution in [0.15, 0.2) is 4.52 Å². The van der Waals surface area contributed by atoms with Crippen molar-refractivity contribution < 1.29 is 14.1 Å². The Labute approximate surface area is 107 Å². The van der Waals surface area contributed by atoms with Gasteiger partial charge in [-0.3, -0.25) is 4.79 Å². The number of hydrogen-bond acceptors (Lipinski definition) is 5. The number of amides is 1. The van der Waals surface area contributed by atoms with Crippen molar-refractivity contribution in [1.82, 2.24) is 15.4 Å². The van der Waals surface area contributed by atoms with Crippen molar-refractivity contribution in [3.05, 3.63) is 11.3 Å². The van der Waals surface area contributed by atoms with Gasteiger partial charge in [-0.2, -0.15) is 0 Å². The Morgan fingerprint density at radius 3 is 2.78 bits per heavy atom. The summed E-state index contributed by atoms with van der Waals surface area (Å²) < 4.78 is 9.84. The molecule has 0 radical (unpaired) electrons. The highest BCUT2D eigenvalue weighted by molar-refractivity contribution is 5.93.